The van der Waals surface area contributed by atoms with Gasteiger partial charge in [-0.1, -0.05) is 17.8 Å². The SMILES string of the molecule is Cc1nnc2n1N=C(c1cccs1)[C@H](CC(=O)O)S2. The Morgan fingerprint density at radius 1 is 1.53 bits per heavy atom. The molecule has 0 fully saturated rings. The van der Waals surface area contributed by atoms with Crippen LogP contribution >= 0.6 is 23.1 Å². The maximum absolute atomic E-state index is 11.0. The first-order chi connectivity index (χ1) is 9.15. The maximum atomic E-state index is 11.0. The lowest BCUT2D eigenvalue weighted by molar-refractivity contribution is -0.136. The second-order valence-corrected chi connectivity index (χ2v) is 6.13. The minimum Gasteiger partial charge on any atom is -0.481 e. The molecule has 0 bridgehead atoms. The van der Waals surface area contributed by atoms with Crippen LogP contribution < -0.4 is 0 Å². The van der Waals surface area contributed by atoms with E-state index in [4.69, 9.17) is 5.11 Å². The zero-order chi connectivity index (χ0) is 13.4. The molecule has 0 unspecified atom stereocenters. The number of thiophene rings is 1. The molecule has 0 aliphatic carbocycles. The number of carboxylic acid groups (broad SMARTS) is 1. The summed E-state index contributed by atoms with van der Waals surface area (Å²) in [6, 6.07) is 3.88. The summed E-state index contributed by atoms with van der Waals surface area (Å²) in [7, 11) is 0. The van der Waals surface area contributed by atoms with Gasteiger partial charge in [0.2, 0.25) is 5.16 Å². The van der Waals surface area contributed by atoms with Gasteiger partial charge >= 0.3 is 5.97 Å². The monoisotopic (exact) mass is 294 g/mol. The molecule has 3 heterocycles. The highest BCUT2D eigenvalue weighted by Gasteiger charge is 2.30. The van der Waals surface area contributed by atoms with E-state index in [0.717, 1.165) is 10.6 Å². The molecule has 1 aliphatic heterocycles. The molecule has 0 saturated heterocycles. The van der Waals surface area contributed by atoms with E-state index in [2.05, 4.69) is 15.3 Å². The first kappa shape index (κ1) is 12.4. The molecule has 0 spiro atoms. The van der Waals surface area contributed by atoms with Crippen molar-refractivity contribution >= 4 is 34.8 Å². The second-order valence-electron chi connectivity index (χ2n) is 4.01. The van der Waals surface area contributed by atoms with Crippen LogP contribution in [-0.2, 0) is 4.79 Å². The average Bonchev–Trinajstić information content (AvgIpc) is 2.98. The second kappa shape index (κ2) is 4.78. The number of aromatic nitrogens is 3. The Morgan fingerprint density at radius 3 is 3.05 bits per heavy atom. The predicted molar refractivity (Wildman–Crippen MR) is 72.9 cm³/mol. The van der Waals surface area contributed by atoms with Crippen molar-refractivity contribution < 1.29 is 9.90 Å². The lowest BCUT2D eigenvalue weighted by Gasteiger charge is -2.20. The Hall–Kier alpha value is -1.67. The quantitative estimate of drug-likeness (QED) is 0.934. The van der Waals surface area contributed by atoms with Gasteiger partial charge < -0.3 is 5.11 Å². The summed E-state index contributed by atoms with van der Waals surface area (Å²) in [4.78, 5) is 12.0. The average molecular weight is 294 g/mol. The van der Waals surface area contributed by atoms with Gasteiger partial charge in [0, 0.05) is 0 Å². The maximum Gasteiger partial charge on any atom is 0.304 e. The smallest absolute Gasteiger partial charge is 0.304 e. The van der Waals surface area contributed by atoms with E-state index < -0.39 is 5.97 Å². The van der Waals surface area contributed by atoms with Gasteiger partial charge in [-0.2, -0.15) is 9.78 Å². The third-order valence-electron chi connectivity index (χ3n) is 2.66. The molecular formula is C11H10N4O2S2. The summed E-state index contributed by atoms with van der Waals surface area (Å²) < 4.78 is 1.66. The van der Waals surface area contributed by atoms with Gasteiger partial charge in [0.15, 0.2) is 5.82 Å². The molecule has 0 aromatic carbocycles. The number of carbonyl (C=O) groups is 1. The Kier molecular flexibility index (Phi) is 3.11. The van der Waals surface area contributed by atoms with E-state index in [-0.39, 0.29) is 11.7 Å². The standard InChI is InChI=1S/C11H10N4O2S2/c1-6-12-13-11-15(6)14-10(7-3-2-4-18-7)8(19-11)5-9(16)17/h2-4,8H,5H2,1H3,(H,16,17)/t8-/m0/s1. The van der Waals surface area contributed by atoms with Crippen LogP contribution in [0.4, 0.5) is 0 Å². The highest BCUT2D eigenvalue weighted by atomic mass is 32.2. The fraction of sp³-hybridized carbons (Fsp3) is 0.273. The van der Waals surface area contributed by atoms with Crippen molar-refractivity contribution in [3.05, 3.63) is 28.2 Å². The first-order valence-corrected chi connectivity index (χ1v) is 7.34. The van der Waals surface area contributed by atoms with E-state index in [1.807, 2.05) is 24.4 Å². The van der Waals surface area contributed by atoms with Crippen LogP contribution in [0.2, 0.25) is 0 Å². The zero-order valence-corrected chi connectivity index (χ0v) is 11.6. The number of aliphatic carboxylic acids is 1. The van der Waals surface area contributed by atoms with Crippen LogP contribution in [0, 0.1) is 6.92 Å². The molecule has 6 nitrogen and oxygen atoms in total. The topological polar surface area (TPSA) is 80.4 Å². The lowest BCUT2D eigenvalue weighted by Crippen LogP contribution is -2.26. The molecule has 2 aromatic rings. The molecule has 3 rings (SSSR count). The minimum atomic E-state index is -0.841. The number of carboxylic acids is 1. The van der Waals surface area contributed by atoms with Crippen molar-refractivity contribution in [2.45, 2.75) is 23.8 Å². The van der Waals surface area contributed by atoms with Crippen LogP contribution in [0.15, 0.2) is 27.8 Å². The summed E-state index contributed by atoms with van der Waals surface area (Å²) in [6.07, 6.45) is 0.0211. The van der Waals surface area contributed by atoms with E-state index in [9.17, 15) is 4.79 Å². The van der Waals surface area contributed by atoms with Gasteiger partial charge in [-0.15, -0.1) is 21.5 Å². The minimum absolute atomic E-state index is 0.0211. The van der Waals surface area contributed by atoms with E-state index >= 15 is 0 Å². The molecule has 0 radical (unpaired) electrons. The molecule has 98 valence electrons. The molecule has 19 heavy (non-hydrogen) atoms. The number of rotatable bonds is 3. The summed E-state index contributed by atoms with van der Waals surface area (Å²) in [6.45, 7) is 1.82. The summed E-state index contributed by atoms with van der Waals surface area (Å²) in [5.74, 6) is -0.142. The number of hydrogen-bond acceptors (Lipinski definition) is 6. The fourth-order valence-corrected chi connectivity index (χ4v) is 3.78. The fourth-order valence-electron chi connectivity index (χ4n) is 1.81. The molecule has 1 aliphatic rings. The van der Waals surface area contributed by atoms with Gasteiger partial charge in [0.1, 0.15) is 0 Å². The summed E-state index contributed by atoms with van der Waals surface area (Å²) in [5, 5.41) is 23.9. The highest BCUT2D eigenvalue weighted by molar-refractivity contribution is 8.00. The van der Waals surface area contributed by atoms with Crippen LogP contribution in [0.3, 0.4) is 0 Å². The molecule has 0 saturated carbocycles. The molecule has 2 aromatic heterocycles. The molecule has 1 N–H and O–H groups in total. The summed E-state index contributed by atoms with van der Waals surface area (Å²) in [5.41, 5.74) is 0.776. The van der Waals surface area contributed by atoms with E-state index in [1.54, 1.807) is 16.0 Å². The number of hydrogen-bond donors (Lipinski definition) is 1. The Labute approximate surface area is 117 Å². The van der Waals surface area contributed by atoms with Gasteiger partial charge in [0.05, 0.1) is 22.3 Å². The van der Waals surface area contributed by atoms with Crippen molar-refractivity contribution in [2.75, 3.05) is 0 Å². The Balaban J connectivity index is 2.06. The number of thioether (sulfide) groups is 1. The first-order valence-electron chi connectivity index (χ1n) is 5.58. The van der Waals surface area contributed by atoms with Gasteiger partial charge in [0.25, 0.3) is 0 Å². The predicted octanol–water partition coefficient (Wildman–Crippen LogP) is 1.85. The van der Waals surface area contributed by atoms with E-state index in [1.165, 1.54) is 11.8 Å². The number of aryl methyl sites for hydroxylation is 1. The van der Waals surface area contributed by atoms with Crippen molar-refractivity contribution in [2.24, 2.45) is 5.10 Å². The molecular weight excluding hydrogens is 284 g/mol. The van der Waals surface area contributed by atoms with Crippen molar-refractivity contribution in [1.29, 1.82) is 0 Å². The van der Waals surface area contributed by atoms with Crippen molar-refractivity contribution in [3.8, 4) is 0 Å². The number of nitrogens with zero attached hydrogens (tertiary/aromatic N) is 4. The molecule has 1 atom stereocenters. The van der Waals surface area contributed by atoms with Crippen LogP contribution in [0.25, 0.3) is 0 Å². The Bertz CT molecular complexity index is 648. The normalized spacial score (nSPS) is 17.9. The number of fused-ring (bicyclic) bond motifs is 1. The van der Waals surface area contributed by atoms with Crippen molar-refractivity contribution in [1.82, 2.24) is 14.9 Å². The van der Waals surface area contributed by atoms with Gasteiger partial charge in [-0.3, -0.25) is 4.79 Å². The Morgan fingerprint density at radius 2 is 2.37 bits per heavy atom. The van der Waals surface area contributed by atoms with E-state index in [0.29, 0.717) is 11.0 Å². The summed E-state index contributed by atoms with van der Waals surface area (Å²) >= 11 is 2.95. The van der Waals surface area contributed by atoms with Crippen LogP contribution in [-0.4, -0.2) is 36.9 Å². The zero-order valence-electron chi connectivity index (χ0n) is 9.98. The third kappa shape index (κ3) is 2.28. The third-order valence-corrected chi connectivity index (χ3v) is 4.69. The molecule has 0 amide bonds. The van der Waals surface area contributed by atoms with Crippen LogP contribution in [0.5, 0.6) is 0 Å². The van der Waals surface area contributed by atoms with Gasteiger partial charge in [-0.05, 0) is 18.4 Å². The van der Waals surface area contributed by atoms with Crippen molar-refractivity contribution in [3.63, 3.8) is 0 Å². The molecule has 8 heteroatoms. The lowest BCUT2D eigenvalue weighted by atomic mass is 10.1. The van der Waals surface area contributed by atoms with Crippen LogP contribution in [0.1, 0.15) is 17.1 Å². The van der Waals surface area contributed by atoms with Gasteiger partial charge in [-0.25, -0.2) is 0 Å². The largest absolute Gasteiger partial charge is 0.481 e. The highest BCUT2D eigenvalue weighted by Crippen LogP contribution is 2.33.